The summed E-state index contributed by atoms with van der Waals surface area (Å²) in [6.07, 6.45) is 19.8. The second kappa shape index (κ2) is 12.9. The Labute approximate surface area is 131 Å². The predicted octanol–water partition coefficient (Wildman–Crippen LogP) is 4.69. The van der Waals surface area contributed by atoms with E-state index in [4.69, 9.17) is 4.74 Å². The van der Waals surface area contributed by atoms with E-state index >= 15 is 0 Å². The molecule has 1 aromatic heterocycles. The first kappa shape index (κ1) is 18.2. The van der Waals surface area contributed by atoms with E-state index in [1.807, 2.05) is 0 Å². The number of ether oxygens (including phenoxy) is 1. The van der Waals surface area contributed by atoms with Crippen LogP contribution in [0.2, 0.25) is 0 Å². The van der Waals surface area contributed by atoms with E-state index in [9.17, 15) is 0 Å². The van der Waals surface area contributed by atoms with Gasteiger partial charge in [-0.15, -0.1) is 0 Å². The minimum Gasteiger partial charge on any atom is -0.342 e. The number of hydrogen-bond acceptors (Lipinski definition) is 1. The Hall–Kier alpha value is -0.830. The third-order valence-electron chi connectivity index (χ3n) is 3.90. The molecule has 21 heavy (non-hydrogen) atoms. The van der Waals surface area contributed by atoms with Crippen LogP contribution < -0.4 is 4.57 Å². The summed E-state index contributed by atoms with van der Waals surface area (Å²) in [5.41, 5.74) is 0. The van der Waals surface area contributed by atoms with Crippen molar-refractivity contribution in [1.29, 1.82) is 0 Å². The second-order valence-corrected chi connectivity index (χ2v) is 6.03. The average molecular weight is 295 g/mol. The number of unbranched alkanes of at least 4 members (excludes halogenated alkanes) is 8. The molecule has 0 amide bonds. The Morgan fingerprint density at radius 2 is 1.52 bits per heavy atom. The Balaban J connectivity index is 1.98. The lowest BCUT2D eigenvalue weighted by Gasteiger charge is -2.01. The highest BCUT2D eigenvalue weighted by Gasteiger charge is 2.03. The van der Waals surface area contributed by atoms with Crippen molar-refractivity contribution in [2.24, 2.45) is 0 Å². The normalized spacial score (nSPS) is 11.1. The van der Waals surface area contributed by atoms with Crippen molar-refractivity contribution in [2.45, 2.75) is 91.3 Å². The lowest BCUT2D eigenvalue weighted by molar-refractivity contribution is -0.732. The molecule has 3 heteroatoms. The van der Waals surface area contributed by atoms with Crippen LogP contribution in [0.5, 0.6) is 0 Å². The van der Waals surface area contributed by atoms with Crippen molar-refractivity contribution in [2.75, 3.05) is 6.61 Å². The van der Waals surface area contributed by atoms with Crippen LogP contribution in [-0.4, -0.2) is 11.2 Å². The number of aromatic nitrogens is 2. The van der Waals surface area contributed by atoms with Crippen molar-refractivity contribution >= 4 is 0 Å². The highest BCUT2D eigenvalue weighted by Crippen LogP contribution is 2.08. The molecule has 0 radical (unpaired) electrons. The third-order valence-corrected chi connectivity index (χ3v) is 3.90. The summed E-state index contributed by atoms with van der Waals surface area (Å²) in [4.78, 5) is 0. The van der Waals surface area contributed by atoms with Crippen molar-refractivity contribution in [3.8, 4) is 0 Å². The number of nitrogens with zero attached hydrogens (tertiary/aromatic N) is 2. The molecule has 3 nitrogen and oxygen atoms in total. The van der Waals surface area contributed by atoms with Gasteiger partial charge in [0, 0.05) is 0 Å². The Kier molecular flexibility index (Phi) is 11.2. The fourth-order valence-corrected chi connectivity index (χ4v) is 2.49. The Bertz CT molecular complexity index is 336. The summed E-state index contributed by atoms with van der Waals surface area (Å²) in [6.45, 7) is 7.16. The molecule has 0 saturated heterocycles. The van der Waals surface area contributed by atoms with Gasteiger partial charge in [-0.3, -0.25) is 0 Å². The van der Waals surface area contributed by atoms with E-state index in [0.717, 1.165) is 19.6 Å². The molecule has 0 saturated carbocycles. The van der Waals surface area contributed by atoms with Crippen LogP contribution in [0.4, 0.5) is 0 Å². The van der Waals surface area contributed by atoms with E-state index in [-0.39, 0.29) is 0 Å². The predicted molar refractivity (Wildman–Crippen MR) is 88.1 cm³/mol. The van der Waals surface area contributed by atoms with E-state index in [2.05, 4.69) is 41.7 Å². The summed E-state index contributed by atoms with van der Waals surface area (Å²) < 4.78 is 10.0. The first-order valence-corrected chi connectivity index (χ1v) is 8.99. The maximum absolute atomic E-state index is 5.61. The summed E-state index contributed by atoms with van der Waals surface area (Å²) in [6, 6.07) is 0. The largest absolute Gasteiger partial charge is 0.342 e. The van der Waals surface area contributed by atoms with E-state index in [1.54, 1.807) is 0 Å². The van der Waals surface area contributed by atoms with Gasteiger partial charge in [-0.2, -0.15) is 0 Å². The lowest BCUT2D eigenvalue weighted by Crippen LogP contribution is -2.32. The fraction of sp³-hybridized carbons (Fsp3) is 0.833. The Morgan fingerprint density at radius 1 is 0.857 bits per heavy atom. The molecule has 0 unspecified atom stereocenters. The van der Waals surface area contributed by atoms with Crippen molar-refractivity contribution in [1.82, 2.24) is 4.57 Å². The van der Waals surface area contributed by atoms with Crippen LogP contribution >= 0.6 is 0 Å². The summed E-state index contributed by atoms with van der Waals surface area (Å²) in [5, 5.41) is 0. The van der Waals surface area contributed by atoms with Gasteiger partial charge >= 0.3 is 0 Å². The third kappa shape index (κ3) is 9.67. The van der Waals surface area contributed by atoms with Gasteiger partial charge < -0.3 is 4.74 Å². The van der Waals surface area contributed by atoms with Crippen LogP contribution in [0.3, 0.4) is 0 Å². The summed E-state index contributed by atoms with van der Waals surface area (Å²) >= 11 is 0. The van der Waals surface area contributed by atoms with Gasteiger partial charge in [0.25, 0.3) is 0 Å². The van der Waals surface area contributed by atoms with Crippen LogP contribution in [0.1, 0.15) is 78.1 Å². The van der Waals surface area contributed by atoms with E-state index < -0.39 is 0 Å². The van der Waals surface area contributed by atoms with Crippen LogP contribution in [0.15, 0.2) is 18.7 Å². The molecular weight excluding hydrogens is 260 g/mol. The molecule has 0 spiro atoms. The Morgan fingerprint density at radius 3 is 2.24 bits per heavy atom. The molecule has 0 fully saturated rings. The standard InChI is InChI=1S/C18H35N2O/c1-3-5-7-8-9-10-11-12-13-19-14-15-20(17-19)18-21-16-6-4-2/h14-15,17H,3-13,16,18H2,1-2H3/q+1. The van der Waals surface area contributed by atoms with Gasteiger partial charge in [-0.25, -0.2) is 9.13 Å². The van der Waals surface area contributed by atoms with Crippen LogP contribution in [0.25, 0.3) is 0 Å². The zero-order chi connectivity index (χ0) is 15.2. The summed E-state index contributed by atoms with van der Waals surface area (Å²) in [7, 11) is 0. The maximum Gasteiger partial charge on any atom is 0.245 e. The first-order chi connectivity index (χ1) is 10.4. The SMILES string of the molecule is CCCCCCCCCCn1cc[n+](COCCCC)c1. The van der Waals surface area contributed by atoms with Crippen LogP contribution in [0, 0.1) is 0 Å². The van der Waals surface area contributed by atoms with E-state index in [1.165, 1.54) is 57.8 Å². The highest BCUT2D eigenvalue weighted by molar-refractivity contribution is 4.65. The summed E-state index contributed by atoms with van der Waals surface area (Å²) in [5.74, 6) is 0. The zero-order valence-electron chi connectivity index (χ0n) is 14.2. The van der Waals surface area contributed by atoms with Gasteiger partial charge in [0.05, 0.1) is 13.2 Å². The van der Waals surface area contributed by atoms with Gasteiger partial charge in [0.2, 0.25) is 6.33 Å². The number of hydrogen-bond donors (Lipinski definition) is 0. The molecule has 0 aliphatic rings. The molecule has 0 aromatic carbocycles. The molecule has 1 heterocycles. The molecule has 122 valence electrons. The maximum atomic E-state index is 5.61. The minimum absolute atomic E-state index is 0.685. The van der Waals surface area contributed by atoms with Gasteiger partial charge in [0.15, 0.2) is 6.73 Å². The smallest absolute Gasteiger partial charge is 0.245 e. The van der Waals surface area contributed by atoms with Crippen LogP contribution in [-0.2, 0) is 18.0 Å². The highest BCUT2D eigenvalue weighted by atomic mass is 16.5. The molecule has 1 aromatic rings. The fourth-order valence-electron chi connectivity index (χ4n) is 2.49. The lowest BCUT2D eigenvalue weighted by atomic mass is 10.1. The second-order valence-electron chi connectivity index (χ2n) is 6.03. The minimum atomic E-state index is 0.685. The number of imidazole rings is 1. The first-order valence-electron chi connectivity index (χ1n) is 8.99. The monoisotopic (exact) mass is 295 g/mol. The van der Waals surface area contributed by atoms with Crippen molar-refractivity contribution < 1.29 is 9.30 Å². The molecule has 0 bridgehead atoms. The van der Waals surface area contributed by atoms with Crippen molar-refractivity contribution in [3.63, 3.8) is 0 Å². The molecular formula is C18H35N2O+. The molecule has 1 rings (SSSR count). The van der Waals surface area contributed by atoms with Gasteiger partial charge in [-0.05, 0) is 19.3 Å². The average Bonchev–Trinajstić information content (AvgIpc) is 2.94. The molecule has 0 atom stereocenters. The molecule has 0 N–H and O–H groups in total. The van der Waals surface area contributed by atoms with Crippen molar-refractivity contribution in [3.05, 3.63) is 18.7 Å². The topological polar surface area (TPSA) is 18.0 Å². The van der Waals surface area contributed by atoms with E-state index in [0.29, 0.717) is 6.73 Å². The zero-order valence-corrected chi connectivity index (χ0v) is 14.2. The number of aryl methyl sites for hydroxylation is 1. The van der Waals surface area contributed by atoms with Gasteiger partial charge in [0.1, 0.15) is 12.4 Å². The number of rotatable bonds is 14. The molecule has 0 aliphatic carbocycles. The molecule has 0 aliphatic heterocycles. The van der Waals surface area contributed by atoms with Gasteiger partial charge in [-0.1, -0.05) is 58.8 Å². The quantitative estimate of drug-likeness (QED) is 0.360.